The third-order valence-corrected chi connectivity index (χ3v) is 2.20. The van der Waals surface area contributed by atoms with E-state index in [0.29, 0.717) is 17.8 Å². The zero-order valence-electron chi connectivity index (χ0n) is 8.43. The highest BCUT2D eigenvalue weighted by molar-refractivity contribution is 5.72. The average molecular weight is 219 g/mol. The summed E-state index contributed by atoms with van der Waals surface area (Å²) in [5, 5.41) is 0. The van der Waals surface area contributed by atoms with Crippen molar-refractivity contribution in [2.45, 2.75) is 6.54 Å². The van der Waals surface area contributed by atoms with Crippen LogP contribution in [0.2, 0.25) is 0 Å². The van der Waals surface area contributed by atoms with Crippen molar-refractivity contribution in [2.75, 3.05) is 5.43 Å². The summed E-state index contributed by atoms with van der Waals surface area (Å²) in [6.45, 7) is 0.296. The highest BCUT2D eigenvalue weighted by Gasteiger charge is 2.02. The summed E-state index contributed by atoms with van der Waals surface area (Å²) in [6, 6.07) is 5.00. The number of aromatic nitrogens is 2. The van der Waals surface area contributed by atoms with Gasteiger partial charge in [-0.2, -0.15) is 0 Å². The van der Waals surface area contributed by atoms with Gasteiger partial charge in [-0.25, -0.2) is 4.39 Å². The second-order valence-electron chi connectivity index (χ2n) is 3.22. The van der Waals surface area contributed by atoms with Crippen LogP contribution in [0.4, 0.5) is 4.39 Å². The first-order chi connectivity index (χ1) is 7.81. The lowest BCUT2D eigenvalue weighted by molar-refractivity contribution is 0.111. The Balaban J connectivity index is 2.08. The molecule has 5 heteroatoms. The first kappa shape index (κ1) is 10.4. The summed E-state index contributed by atoms with van der Waals surface area (Å²) < 4.78 is 14.8. The lowest BCUT2D eigenvalue weighted by Crippen LogP contribution is -2.16. The Morgan fingerprint density at radius 2 is 2.38 bits per heavy atom. The molecule has 0 amide bonds. The average Bonchev–Trinajstić information content (AvgIpc) is 2.75. The molecule has 0 bridgehead atoms. The molecule has 0 saturated carbocycles. The van der Waals surface area contributed by atoms with Crippen LogP contribution < -0.4 is 5.43 Å². The summed E-state index contributed by atoms with van der Waals surface area (Å²) in [5.74, 6) is -0.366. The Kier molecular flexibility index (Phi) is 2.95. The van der Waals surface area contributed by atoms with Crippen LogP contribution in [0.5, 0.6) is 0 Å². The van der Waals surface area contributed by atoms with E-state index in [-0.39, 0.29) is 5.82 Å². The zero-order chi connectivity index (χ0) is 11.4. The van der Waals surface area contributed by atoms with Gasteiger partial charge in [0.1, 0.15) is 11.5 Å². The van der Waals surface area contributed by atoms with Crippen LogP contribution in [-0.4, -0.2) is 15.9 Å². The normalized spacial score (nSPS) is 10.1. The minimum atomic E-state index is -0.366. The van der Waals surface area contributed by atoms with Crippen LogP contribution in [0.15, 0.2) is 36.8 Å². The molecule has 4 nitrogen and oxygen atoms in total. The van der Waals surface area contributed by atoms with Gasteiger partial charge in [0.05, 0.1) is 12.7 Å². The molecule has 0 saturated heterocycles. The number of pyridine rings is 1. The van der Waals surface area contributed by atoms with E-state index in [9.17, 15) is 9.18 Å². The number of nitrogens with one attached hydrogen (secondary N) is 1. The van der Waals surface area contributed by atoms with Gasteiger partial charge in [0.15, 0.2) is 6.29 Å². The minimum absolute atomic E-state index is 0.296. The van der Waals surface area contributed by atoms with Gasteiger partial charge < -0.3 is 5.43 Å². The van der Waals surface area contributed by atoms with Gasteiger partial charge in [0, 0.05) is 18.0 Å². The molecule has 2 aromatic heterocycles. The van der Waals surface area contributed by atoms with E-state index in [0.717, 1.165) is 12.5 Å². The van der Waals surface area contributed by atoms with Gasteiger partial charge in [-0.15, -0.1) is 0 Å². The van der Waals surface area contributed by atoms with E-state index < -0.39 is 0 Å². The van der Waals surface area contributed by atoms with Crippen molar-refractivity contribution in [3.05, 3.63) is 53.9 Å². The smallest absolute Gasteiger partial charge is 0.168 e. The monoisotopic (exact) mass is 219 g/mol. The van der Waals surface area contributed by atoms with Gasteiger partial charge in [0.2, 0.25) is 0 Å². The van der Waals surface area contributed by atoms with E-state index in [2.05, 4.69) is 10.4 Å². The van der Waals surface area contributed by atoms with Crippen LogP contribution in [-0.2, 0) is 6.54 Å². The van der Waals surface area contributed by atoms with E-state index in [1.165, 1.54) is 6.20 Å². The lowest BCUT2D eigenvalue weighted by atomic mass is 10.2. The molecule has 0 spiro atoms. The molecule has 0 radical (unpaired) electrons. The van der Waals surface area contributed by atoms with Gasteiger partial charge in [0.25, 0.3) is 0 Å². The summed E-state index contributed by atoms with van der Waals surface area (Å²) in [6.07, 6.45) is 5.11. The van der Waals surface area contributed by atoms with Gasteiger partial charge in [-0.05, 0) is 18.2 Å². The Hall–Kier alpha value is -2.17. The highest BCUT2D eigenvalue weighted by atomic mass is 19.1. The number of rotatable bonds is 4. The van der Waals surface area contributed by atoms with Crippen molar-refractivity contribution in [1.29, 1.82) is 0 Å². The van der Waals surface area contributed by atoms with Crippen molar-refractivity contribution >= 4 is 6.29 Å². The van der Waals surface area contributed by atoms with Crippen LogP contribution in [0.1, 0.15) is 16.1 Å². The van der Waals surface area contributed by atoms with Gasteiger partial charge in [-0.3, -0.25) is 14.5 Å². The molecule has 0 aliphatic carbocycles. The van der Waals surface area contributed by atoms with Crippen LogP contribution >= 0.6 is 0 Å². The standard InChI is InChI=1S/C11H10FN3O/c12-11-7-13-4-3-9(11)6-14-15-5-1-2-10(15)8-16/h1-5,7-8,14H,6H2. The van der Waals surface area contributed by atoms with E-state index in [1.807, 2.05) is 0 Å². The molecule has 0 atom stereocenters. The fraction of sp³-hybridized carbons (Fsp3) is 0.0909. The van der Waals surface area contributed by atoms with Crippen molar-refractivity contribution in [3.63, 3.8) is 0 Å². The summed E-state index contributed by atoms with van der Waals surface area (Å²) >= 11 is 0. The molecule has 2 aromatic rings. The van der Waals surface area contributed by atoms with Crippen LogP contribution in [0, 0.1) is 5.82 Å². The zero-order valence-corrected chi connectivity index (χ0v) is 8.43. The molecule has 2 heterocycles. The molecule has 0 fully saturated rings. The van der Waals surface area contributed by atoms with Crippen molar-refractivity contribution in [1.82, 2.24) is 9.66 Å². The first-order valence-electron chi connectivity index (χ1n) is 4.76. The predicted molar refractivity (Wildman–Crippen MR) is 57.1 cm³/mol. The number of carbonyl (C=O) groups excluding carboxylic acids is 1. The fourth-order valence-corrected chi connectivity index (χ4v) is 1.35. The number of aldehydes is 1. The number of carbonyl (C=O) groups is 1. The second-order valence-corrected chi connectivity index (χ2v) is 3.22. The molecule has 0 unspecified atom stereocenters. The van der Waals surface area contributed by atoms with Gasteiger partial charge >= 0.3 is 0 Å². The second kappa shape index (κ2) is 4.57. The van der Waals surface area contributed by atoms with E-state index in [4.69, 9.17) is 0 Å². The summed E-state index contributed by atoms with van der Waals surface area (Å²) in [5.41, 5.74) is 3.91. The molecule has 2 rings (SSSR count). The SMILES string of the molecule is O=Cc1cccn1NCc1ccncc1F. The molecule has 16 heavy (non-hydrogen) atoms. The Labute approximate surface area is 91.7 Å². The van der Waals surface area contributed by atoms with E-state index in [1.54, 1.807) is 29.1 Å². The maximum absolute atomic E-state index is 13.2. The molecule has 0 aliphatic heterocycles. The first-order valence-corrected chi connectivity index (χ1v) is 4.76. The molecule has 1 N–H and O–H groups in total. The van der Waals surface area contributed by atoms with Crippen molar-refractivity contribution in [2.24, 2.45) is 0 Å². The highest BCUT2D eigenvalue weighted by Crippen LogP contribution is 2.05. The molecule has 82 valence electrons. The minimum Gasteiger partial charge on any atom is -0.321 e. The maximum Gasteiger partial charge on any atom is 0.168 e. The van der Waals surface area contributed by atoms with E-state index >= 15 is 0 Å². The Morgan fingerprint density at radius 1 is 1.50 bits per heavy atom. The lowest BCUT2D eigenvalue weighted by Gasteiger charge is -2.09. The number of nitrogens with zero attached hydrogens (tertiary/aromatic N) is 2. The predicted octanol–water partition coefficient (Wildman–Crippen LogP) is 1.58. The third kappa shape index (κ3) is 2.08. The maximum atomic E-state index is 13.2. The largest absolute Gasteiger partial charge is 0.321 e. The Bertz CT molecular complexity index is 495. The third-order valence-electron chi connectivity index (χ3n) is 2.20. The summed E-state index contributed by atoms with van der Waals surface area (Å²) in [7, 11) is 0. The van der Waals surface area contributed by atoms with Crippen molar-refractivity contribution < 1.29 is 9.18 Å². The molecule has 0 aliphatic rings. The molecular formula is C11H10FN3O. The number of halogens is 1. The molecular weight excluding hydrogens is 209 g/mol. The topological polar surface area (TPSA) is 46.9 Å². The Morgan fingerprint density at radius 3 is 3.12 bits per heavy atom. The van der Waals surface area contributed by atoms with Gasteiger partial charge in [-0.1, -0.05) is 0 Å². The number of hydrogen-bond acceptors (Lipinski definition) is 3. The summed E-state index contributed by atoms with van der Waals surface area (Å²) in [4.78, 5) is 14.3. The van der Waals surface area contributed by atoms with Crippen LogP contribution in [0.25, 0.3) is 0 Å². The number of hydrogen-bond donors (Lipinski definition) is 1. The fourth-order valence-electron chi connectivity index (χ4n) is 1.35. The quantitative estimate of drug-likeness (QED) is 0.794. The molecule has 0 aromatic carbocycles. The van der Waals surface area contributed by atoms with Crippen molar-refractivity contribution in [3.8, 4) is 0 Å². The van der Waals surface area contributed by atoms with Crippen LogP contribution in [0.3, 0.4) is 0 Å².